The van der Waals surface area contributed by atoms with Gasteiger partial charge in [0.15, 0.2) is 23.2 Å². The fraction of sp³-hybridized carbons (Fsp3) is 0.421. The van der Waals surface area contributed by atoms with Crippen LogP contribution in [0.15, 0.2) is 36.9 Å². The van der Waals surface area contributed by atoms with Gasteiger partial charge in [-0.15, -0.1) is 0 Å². The topological polar surface area (TPSA) is 126 Å². The zero-order chi connectivity index (χ0) is 19.7. The minimum absolute atomic E-state index is 0.389. The van der Waals surface area contributed by atoms with E-state index < -0.39 is 24.5 Å². The van der Waals surface area contributed by atoms with Gasteiger partial charge in [0.05, 0.1) is 12.9 Å². The number of imidazole rings is 1. The molecule has 0 unspecified atom stereocenters. The molecule has 1 aliphatic heterocycles. The van der Waals surface area contributed by atoms with Crippen LogP contribution in [-0.4, -0.2) is 59.8 Å². The van der Waals surface area contributed by atoms with Crippen molar-refractivity contribution in [2.45, 2.75) is 44.4 Å². The normalized spacial score (nSPS) is 24.7. The van der Waals surface area contributed by atoms with Crippen LogP contribution in [0.5, 0.6) is 0 Å². The first-order chi connectivity index (χ1) is 13.6. The second-order valence-corrected chi connectivity index (χ2v) is 6.80. The van der Waals surface area contributed by atoms with Gasteiger partial charge in [0.25, 0.3) is 0 Å². The molecule has 2 aromatic heterocycles. The Labute approximate surface area is 161 Å². The van der Waals surface area contributed by atoms with Crippen LogP contribution >= 0.6 is 0 Å². The number of anilines is 1. The first-order valence-electron chi connectivity index (χ1n) is 9.24. The van der Waals surface area contributed by atoms with Gasteiger partial charge < -0.3 is 25.4 Å². The van der Waals surface area contributed by atoms with Crippen molar-refractivity contribution in [3.8, 4) is 0 Å². The quantitative estimate of drug-likeness (QED) is 0.486. The molecule has 4 atom stereocenters. The first-order valence-corrected chi connectivity index (χ1v) is 9.24. The molecule has 28 heavy (non-hydrogen) atoms. The van der Waals surface area contributed by atoms with Gasteiger partial charge in [-0.05, 0) is 17.5 Å². The number of benzene rings is 1. The van der Waals surface area contributed by atoms with E-state index in [0.29, 0.717) is 23.5 Å². The third kappa shape index (κ3) is 3.33. The van der Waals surface area contributed by atoms with E-state index in [2.05, 4.69) is 51.5 Å². The first kappa shape index (κ1) is 18.8. The van der Waals surface area contributed by atoms with Crippen LogP contribution in [0.2, 0.25) is 0 Å². The summed E-state index contributed by atoms with van der Waals surface area (Å²) < 4.78 is 7.11. The highest BCUT2D eigenvalue weighted by molar-refractivity contribution is 5.82. The average Bonchev–Trinajstić information content (AvgIpc) is 3.28. The molecule has 1 aromatic carbocycles. The van der Waals surface area contributed by atoms with Crippen molar-refractivity contribution in [1.29, 1.82) is 0 Å². The molecule has 9 heteroatoms. The number of aromatic nitrogens is 4. The number of nitrogens with one attached hydrogen (secondary N) is 1. The summed E-state index contributed by atoms with van der Waals surface area (Å²) in [5, 5.41) is 32.8. The maximum absolute atomic E-state index is 10.3. The number of hydrogen-bond acceptors (Lipinski definition) is 8. The lowest BCUT2D eigenvalue weighted by Crippen LogP contribution is -2.33. The highest BCUT2D eigenvalue weighted by Crippen LogP contribution is 2.32. The Bertz CT molecular complexity index is 945. The summed E-state index contributed by atoms with van der Waals surface area (Å²) in [4.78, 5) is 12.9. The lowest BCUT2D eigenvalue weighted by molar-refractivity contribution is -0.0511. The number of hydrogen-bond donors (Lipinski definition) is 4. The SMILES string of the molecule is CCc1ccc(CNc2ncnc3c2ncn3[C@@H]2O[C@H](CO)[C@@H](O)[C@H]2O)cc1. The third-order valence-electron chi connectivity index (χ3n) is 5.04. The number of aliphatic hydroxyl groups is 3. The highest BCUT2D eigenvalue weighted by Gasteiger charge is 2.44. The lowest BCUT2D eigenvalue weighted by Gasteiger charge is -2.16. The van der Waals surface area contributed by atoms with Crippen molar-refractivity contribution < 1.29 is 20.1 Å². The standard InChI is InChI=1S/C19H23N5O4/c1-2-11-3-5-12(6-4-11)7-20-17-14-18(22-9-21-17)24(10-23-14)19-16(27)15(26)13(8-25)28-19/h3-6,9-10,13,15-16,19,25-27H,2,7-8H2,1H3,(H,20,21,22)/t13-,15-,16-,19-/m1/s1. The monoisotopic (exact) mass is 385 g/mol. The summed E-state index contributed by atoms with van der Waals surface area (Å²) in [5.41, 5.74) is 3.40. The zero-order valence-electron chi connectivity index (χ0n) is 15.4. The van der Waals surface area contributed by atoms with Gasteiger partial charge in [0, 0.05) is 6.54 Å². The van der Waals surface area contributed by atoms with Crippen LogP contribution in [0.4, 0.5) is 5.82 Å². The Morgan fingerprint density at radius 3 is 2.50 bits per heavy atom. The second kappa shape index (κ2) is 7.80. The predicted octanol–water partition coefficient (Wildman–Crippen LogP) is 0.612. The van der Waals surface area contributed by atoms with Crippen LogP contribution in [0.3, 0.4) is 0 Å². The predicted molar refractivity (Wildman–Crippen MR) is 101 cm³/mol. The molecule has 0 aliphatic carbocycles. The molecule has 4 N–H and O–H groups in total. The Morgan fingerprint density at radius 2 is 1.82 bits per heavy atom. The van der Waals surface area contributed by atoms with E-state index in [9.17, 15) is 15.3 Å². The molecule has 0 radical (unpaired) electrons. The molecular weight excluding hydrogens is 362 g/mol. The minimum atomic E-state index is -1.20. The van der Waals surface area contributed by atoms with E-state index in [1.54, 1.807) is 4.57 Å². The molecular formula is C19H23N5O4. The van der Waals surface area contributed by atoms with Gasteiger partial charge in [-0.1, -0.05) is 31.2 Å². The van der Waals surface area contributed by atoms with Crippen molar-refractivity contribution in [3.05, 3.63) is 48.0 Å². The molecule has 148 valence electrons. The lowest BCUT2D eigenvalue weighted by atomic mass is 10.1. The number of aryl methyl sites for hydroxylation is 1. The van der Waals surface area contributed by atoms with Crippen LogP contribution in [-0.2, 0) is 17.7 Å². The number of rotatable bonds is 6. The molecule has 3 aromatic rings. The molecule has 9 nitrogen and oxygen atoms in total. The van der Waals surface area contributed by atoms with E-state index in [0.717, 1.165) is 12.0 Å². The van der Waals surface area contributed by atoms with Gasteiger partial charge in [0.2, 0.25) is 0 Å². The number of fused-ring (bicyclic) bond motifs is 1. The summed E-state index contributed by atoms with van der Waals surface area (Å²) in [7, 11) is 0. The van der Waals surface area contributed by atoms with Gasteiger partial charge in [-0.2, -0.15) is 0 Å². The van der Waals surface area contributed by atoms with E-state index in [-0.39, 0.29) is 6.61 Å². The van der Waals surface area contributed by atoms with Gasteiger partial charge in [-0.25, -0.2) is 15.0 Å². The van der Waals surface area contributed by atoms with Crippen molar-refractivity contribution in [2.75, 3.05) is 11.9 Å². The fourth-order valence-electron chi connectivity index (χ4n) is 3.36. The zero-order valence-corrected chi connectivity index (χ0v) is 15.4. The van der Waals surface area contributed by atoms with E-state index in [1.807, 2.05) is 0 Å². The van der Waals surface area contributed by atoms with Gasteiger partial charge in [-0.3, -0.25) is 4.57 Å². The third-order valence-corrected chi connectivity index (χ3v) is 5.04. The molecule has 1 fully saturated rings. The number of aliphatic hydroxyl groups excluding tert-OH is 3. The molecule has 0 spiro atoms. The average molecular weight is 385 g/mol. The molecule has 1 aliphatic rings. The molecule has 4 rings (SSSR count). The smallest absolute Gasteiger partial charge is 0.167 e. The summed E-state index contributed by atoms with van der Waals surface area (Å²) in [6.45, 7) is 2.31. The summed E-state index contributed by atoms with van der Waals surface area (Å²) in [6.07, 6.45) is -0.232. The van der Waals surface area contributed by atoms with Gasteiger partial charge >= 0.3 is 0 Å². The number of ether oxygens (including phenoxy) is 1. The van der Waals surface area contributed by atoms with Gasteiger partial charge in [0.1, 0.15) is 24.6 Å². The molecule has 1 saturated heterocycles. The van der Waals surface area contributed by atoms with Crippen molar-refractivity contribution in [3.63, 3.8) is 0 Å². The van der Waals surface area contributed by atoms with E-state index in [1.165, 1.54) is 18.2 Å². The van der Waals surface area contributed by atoms with Crippen LogP contribution in [0.25, 0.3) is 11.2 Å². The fourth-order valence-corrected chi connectivity index (χ4v) is 3.36. The van der Waals surface area contributed by atoms with E-state index in [4.69, 9.17) is 4.74 Å². The Morgan fingerprint density at radius 1 is 1.07 bits per heavy atom. The van der Waals surface area contributed by atoms with E-state index >= 15 is 0 Å². The summed E-state index contributed by atoms with van der Waals surface area (Å²) in [6, 6.07) is 8.34. The summed E-state index contributed by atoms with van der Waals surface area (Å²) in [5.74, 6) is 0.565. The molecule has 0 saturated carbocycles. The Hall–Kier alpha value is -2.59. The maximum atomic E-state index is 10.3. The summed E-state index contributed by atoms with van der Waals surface area (Å²) >= 11 is 0. The minimum Gasteiger partial charge on any atom is -0.394 e. The van der Waals surface area contributed by atoms with Crippen molar-refractivity contribution in [2.24, 2.45) is 0 Å². The van der Waals surface area contributed by atoms with Crippen molar-refractivity contribution >= 4 is 17.0 Å². The Kier molecular flexibility index (Phi) is 5.23. The van der Waals surface area contributed by atoms with Crippen LogP contribution in [0.1, 0.15) is 24.3 Å². The molecule has 0 bridgehead atoms. The van der Waals surface area contributed by atoms with Crippen LogP contribution in [0, 0.1) is 0 Å². The van der Waals surface area contributed by atoms with Crippen LogP contribution < -0.4 is 5.32 Å². The number of nitrogens with zero attached hydrogens (tertiary/aromatic N) is 4. The Balaban J connectivity index is 1.56. The second-order valence-electron chi connectivity index (χ2n) is 6.80. The van der Waals surface area contributed by atoms with Crippen molar-refractivity contribution in [1.82, 2.24) is 19.5 Å². The maximum Gasteiger partial charge on any atom is 0.167 e. The molecule has 3 heterocycles. The largest absolute Gasteiger partial charge is 0.394 e. The molecule has 0 amide bonds. The highest BCUT2D eigenvalue weighted by atomic mass is 16.6.